The van der Waals surface area contributed by atoms with Crippen molar-refractivity contribution >= 4 is 28.2 Å². The highest BCUT2D eigenvalue weighted by Crippen LogP contribution is 2.29. The SMILES string of the molecule is CCCCN(C)C(=O)c1sc(N2CCN(C)CC2)nc1N. The highest BCUT2D eigenvalue weighted by Gasteiger charge is 2.23. The smallest absolute Gasteiger partial charge is 0.267 e. The number of thiazole rings is 1. The standard InChI is InChI=1S/C14H25N5OS/c1-4-5-6-18(3)13(20)11-12(15)16-14(21-11)19-9-7-17(2)8-10-19/h4-10,15H2,1-3H3. The monoisotopic (exact) mass is 311 g/mol. The number of likely N-dealkylation sites (N-methyl/N-ethyl adjacent to an activating group) is 1. The fourth-order valence-electron chi connectivity index (χ4n) is 2.28. The van der Waals surface area contributed by atoms with Crippen LogP contribution in [0.15, 0.2) is 0 Å². The minimum Gasteiger partial charge on any atom is -0.382 e. The Morgan fingerprint density at radius 2 is 2.05 bits per heavy atom. The molecule has 1 aromatic rings. The molecule has 0 spiro atoms. The number of hydrogen-bond acceptors (Lipinski definition) is 6. The van der Waals surface area contributed by atoms with E-state index in [4.69, 9.17) is 5.73 Å². The van der Waals surface area contributed by atoms with Gasteiger partial charge in [-0.15, -0.1) is 0 Å². The molecule has 0 unspecified atom stereocenters. The molecule has 1 fully saturated rings. The second kappa shape index (κ2) is 7.09. The Kier molecular flexibility index (Phi) is 5.41. The summed E-state index contributed by atoms with van der Waals surface area (Å²) in [6.07, 6.45) is 2.08. The van der Waals surface area contributed by atoms with Crippen LogP contribution in [-0.2, 0) is 0 Å². The molecule has 0 saturated carbocycles. The van der Waals surface area contributed by atoms with Gasteiger partial charge >= 0.3 is 0 Å². The Balaban J connectivity index is 2.06. The zero-order valence-electron chi connectivity index (χ0n) is 13.1. The van der Waals surface area contributed by atoms with E-state index in [-0.39, 0.29) is 5.91 Å². The maximum Gasteiger partial charge on any atom is 0.267 e. The second-order valence-electron chi connectivity index (χ2n) is 5.58. The molecular weight excluding hydrogens is 286 g/mol. The number of piperazine rings is 1. The first-order valence-electron chi connectivity index (χ1n) is 7.48. The molecule has 1 amide bonds. The summed E-state index contributed by atoms with van der Waals surface area (Å²) in [5, 5.41) is 0.868. The molecule has 1 aromatic heterocycles. The van der Waals surface area contributed by atoms with Crippen molar-refractivity contribution in [2.45, 2.75) is 19.8 Å². The molecule has 1 saturated heterocycles. The number of rotatable bonds is 5. The lowest BCUT2D eigenvalue weighted by Gasteiger charge is -2.32. The van der Waals surface area contributed by atoms with Crippen LogP contribution in [0.4, 0.5) is 10.9 Å². The Bertz CT molecular complexity index is 482. The van der Waals surface area contributed by atoms with E-state index in [2.05, 4.69) is 28.8 Å². The van der Waals surface area contributed by atoms with Gasteiger partial charge in [0.2, 0.25) is 0 Å². The molecule has 21 heavy (non-hydrogen) atoms. The van der Waals surface area contributed by atoms with E-state index in [1.807, 2.05) is 7.05 Å². The number of nitrogens with zero attached hydrogens (tertiary/aromatic N) is 4. The summed E-state index contributed by atoms with van der Waals surface area (Å²) in [6.45, 7) is 6.77. The van der Waals surface area contributed by atoms with Crippen LogP contribution in [0.5, 0.6) is 0 Å². The zero-order chi connectivity index (χ0) is 15.4. The summed E-state index contributed by atoms with van der Waals surface area (Å²) in [5.74, 6) is 0.348. The molecule has 1 aliphatic rings. The largest absolute Gasteiger partial charge is 0.382 e. The Labute approximate surface area is 130 Å². The third-order valence-corrected chi connectivity index (χ3v) is 4.92. The molecule has 0 radical (unpaired) electrons. The fraction of sp³-hybridized carbons (Fsp3) is 0.714. The molecule has 0 bridgehead atoms. The average Bonchev–Trinajstić information content (AvgIpc) is 2.86. The molecule has 7 heteroatoms. The van der Waals surface area contributed by atoms with Crippen LogP contribution in [0.25, 0.3) is 0 Å². The van der Waals surface area contributed by atoms with E-state index in [9.17, 15) is 4.79 Å². The zero-order valence-corrected chi connectivity index (χ0v) is 13.9. The van der Waals surface area contributed by atoms with Crippen molar-refractivity contribution in [2.24, 2.45) is 0 Å². The van der Waals surface area contributed by atoms with Crippen LogP contribution < -0.4 is 10.6 Å². The summed E-state index contributed by atoms with van der Waals surface area (Å²) >= 11 is 1.42. The maximum absolute atomic E-state index is 12.4. The summed E-state index contributed by atoms with van der Waals surface area (Å²) in [7, 11) is 3.94. The molecular formula is C14H25N5OS. The van der Waals surface area contributed by atoms with E-state index < -0.39 is 0 Å². The molecule has 6 nitrogen and oxygen atoms in total. The van der Waals surface area contributed by atoms with Gasteiger partial charge in [0.15, 0.2) is 5.13 Å². The fourth-order valence-corrected chi connectivity index (χ4v) is 3.31. The minimum atomic E-state index is -0.0150. The Morgan fingerprint density at radius 1 is 1.38 bits per heavy atom. The first-order valence-corrected chi connectivity index (χ1v) is 8.29. The average molecular weight is 311 g/mol. The highest BCUT2D eigenvalue weighted by molar-refractivity contribution is 7.18. The Hall–Kier alpha value is -1.34. The first kappa shape index (κ1) is 16.0. The van der Waals surface area contributed by atoms with E-state index in [1.54, 1.807) is 4.90 Å². The minimum absolute atomic E-state index is 0.0150. The van der Waals surface area contributed by atoms with Gasteiger partial charge in [-0.2, -0.15) is 0 Å². The number of nitrogen functional groups attached to an aromatic ring is 1. The van der Waals surface area contributed by atoms with Crippen molar-refractivity contribution in [1.29, 1.82) is 0 Å². The normalized spacial score (nSPS) is 16.2. The second-order valence-corrected chi connectivity index (χ2v) is 6.56. The van der Waals surface area contributed by atoms with Gasteiger partial charge in [0.25, 0.3) is 5.91 Å². The number of anilines is 2. The van der Waals surface area contributed by atoms with E-state index in [1.165, 1.54) is 11.3 Å². The number of carbonyl (C=O) groups excluding carboxylic acids is 1. The van der Waals surface area contributed by atoms with Gasteiger partial charge in [0.1, 0.15) is 10.7 Å². The van der Waals surface area contributed by atoms with Gasteiger partial charge in [-0.25, -0.2) is 4.98 Å². The maximum atomic E-state index is 12.4. The van der Waals surface area contributed by atoms with E-state index >= 15 is 0 Å². The van der Waals surface area contributed by atoms with Crippen LogP contribution in [0.2, 0.25) is 0 Å². The summed E-state index contributed by atoms with van der Waals surface area (Å²) < 4.78 is 0. The van der Waals surface area contributed by atoms with E-state index in [0.29, 0.717) is 10.7 Å². The van der Waals surface area contributed by atoms with Crippen LogP contribution in [0.1, 0.15) is 29.4 Å². The molecule has 1 aliphatic heterocycles. The van der Waals surface area contributed by atoms with Gasteiger partial charge in [-0.3, -0.25) is 4.79 Å². The molecule has 0 aliphatic carbocycles. The number of unbranched alkanes of at least 4 members (excludes halogenated alkanes) is 1. The van der Waals surface area contributed by atoms with Crippen LogP contribution in [0.3, 0.4) is 0 Å². The molecule has 2 heterocycles. The van der Waals surface area contributed by atoms with Crippen molar-refractivity contribution in [2.75, 3.05) is 57.5 Å². The quantitative estimate of drug-likeness (QED) is 0.889. The van der Waals surface area contributed by atoms with Crippen molar-refractivity contribution in [3.8, 4) is 0 Å². The third kappa shape index (κ3) is 3.85. The third-order valence-electron chi connectivity index (χ3n) is 3.80. The summed E-state index contributed by atoms with van der Waals surface area (Å²) in [5.41, 5.74) is 5.96. The molecule has 0 atom stereocenters. The molecule has 118 valence electrons. The number of hydrogen-bond donors (Lipinski definition) is 1. The number of amides is 1. The predicted molar refractivity (Wildman–Crippen MR) is 88.1 cm³/mol. The van der Waals surface area contributed by atoms with Gasteiger partial charge in [-0.1, -0.05) is 24.7 Å². The van der Waals surface area contributed by atoms with Crippen molar-refractivity contribution in [3.05, 3.63) is 4.88 Å². The predicted octanol–water partition coefficient (Wildman–Crippen LogP) is 1.35. The number of carbonyl (C=O) groups is 1. The van der Waals surface area contributed by atoms with Crippen LogP contribution >= 0.6 is 11.3 Å². The van der Waals surface area contributed by atoms with Crippen LogP contribution in [0, 0.1) is 0 Å². The molecule has 2 rings (SSSR count). The van der Waals surface area contributed by atoms with Gasteiger partial charge in [0.05, 0.1) is 0 Å². The van der Waals surface area contributed by atoms with Crippen molar-refractivity contribution in [1.82, 2.24) is 14.8 Å². The lowest BCUT2D eigenvalue weighted by atomic mass is 10.3. The topological polar surface area (TPSA) is 65.7 Å². The van der Waals surface area contributed by atoms with Gasteiger partial charge < -0.3 is 20.4 Å². The molecule has 0 aromatic carbocycles. The summed E-state index contributed by atoms with van der Waals surface area (Å²) in [4.78, 5) is 23.6. The van der Waals surface area contributed by atoms with Crippen LogP contribution in [-0.4, -0.2) is 67.5 Å². The number of aromatic nitrogens is 1. The molecule has 2 N–H and O–H groups in total. The summed E-state index contributed by atoms with van der Waals surface area (Å²) in [6, 6.07) is 0. The highest BCUT2D eigenvalue weighted by atomic mass is 32.1. The lowest BCUT2D eigenvalue weighted by molar-refractivity contribution is 0.0799. The Morgan fingerprint density at radius 3 is 2.67 bits per heavy atom. The van der Waals surface area contributed by atoms with Gasteiger partial charge in [0, 0.05) is 39.8 Å². The number of nitrogens with two attached hydrogens (primary N) is 1. The first-order chi connectivity index (χ1) is 10.0. The van der Waals surface area contributed by atoms with E-state index in [0.717, 1.165) is 50.7 Å². The van der Waals surface area contributed by atoms with Gasteiger partial charge in [-0.05, 0) is 13.5 Å². The lowest BCUT2D eigenvalue weighted by Crippen LogP contribution is -2.44. The van der Waals surface area contributed by atoms with Crippen molar-refractivity contribution in [3.63, 3.8) is 0 Å². The van der Waals surface area contributed by atoms with Crippen molar-refractivity contribution < 1.29 is 4.79 Å².